The molecule has 0 unspecified atom stereocenters. The van der Waals surface area contributed by atoms with Crippen LogP contribution in [-0.4, -0.2) is 29.6 Å². The maximum absolute atomic E-state index is 12.5. The molecule has 0 spiro atoms. The molecule has 5 heteroatoms. The Morgan fingerprint density at radius 1 is 1.17 bits per heavy atom. The smallest absolute Gasteiger partial charge is 0.233 e. The van der Waals surface area contributed by atoms with E-state index in [1.165, 1.54) is 18.9 Å². The molecule has 0 N–H and O–H groups in total. The third-order valence-electron chi connectivity index (χ3n) is 4.61. The lowest BCUT2D eigenvalue weighted by atomic mass is 9.85. The summed E-state index contributed by atoms with van der Waals surface area (Å²) in [5.41, 5.74) is 1.22. The summed E-state index contributed by atoms with van der Waals surface area (Å²) >= 11 is 0. The second-order valence-electron chi connectivity index (χ2n) is 6.00. The molecule has 1 aromatic rings. The number of imide groups is 1. The number of hydrogen-bond acceptors (Lipinski definition) is 4. The summed E-state index contributed by atoms with van der Waals surface area (Å²) in [7, 11) is 1.53. The third-order valence-corrected chi connectivity index (χ3v) is 4.61. The van der Waals surface area contributed by atoms with Crippen molar-refractivity contribution in [3.05, 3.63) is 41.5 Å². The Balaban J connectivity index is 1.90. The van der Waals surface area contributed by atoms with Gasteiger partial charge in [0.15, 0.2) is 5.78 Å². The van der Waals surface area contributed by atoms with Gasteiger partial charge in [-0.05, 0) is 38.0 Å². The van der Waals surface area contributed by atoms with Crippen molar-refractivity contribution in [2.75, 3.05) is 7.11 Å². The number of carbonyl (C=O) groups is 3. The number of likely N-dealkylation sites (tertiary alicyclic amines) is 1. The number of methoxy groups -OCH3 is 1. The van der Waals surface area contributed by atoms with Crippen molar-refractivity contribution in [1.82, 2.24) is 4.90 Å². The summed E-state index contributed by atoms with van der Waals surface area (Å²) in [5, 5.41) is 0. The first-order chi connectivity index (χ1) is 11.0. The molecule has 1 aliphatic carbocycles. The van der Waals surface area contributed by atoms with Gasteiger partial charge in [-0.15, -0.1) is 0 Å². The van der Waals surface area contributed by atoms with Crippen molar-refractivity contribution in [2.24, 2.45) is 11.8 Å². The molecule has 23 heavy (non-hydrogen) atoms. The van der Waals surface area contributed by atoms with Crippen LogP contribution in [0.2, 0.25) is 0 Å². The van der Waals surface area contributed by atoms with Crippen molar-refractivity contribution < 1.29 is 19.1 Å². The van der Waals surface area contributed by atoms with Crippen LogP contribution in [0.4, 0.5) is 0 Å². The van der Waals surface area contributed by atoms with Gasteiger partial charge < -0.3 is 4.74 Å². The highest BCUT2D eigenvalue weighted by Crippen LogP contribution is 2.36. The van der Waals surface area contributed by atoms with Crippen LogP contribution >= 0.6 is 0 Å². The lowest BCUT2D eigenvalue weighted by molar-refractivity contribution is -0.140. The minimum absolute atomic E-state index is 0.0640. The standard InChI is InChI=1S/C18H19NO4/c1-11(20)12-7-8-16(23-2)13(9-12)10-19-17(21)14-5-3-4-6-15(14)18(19)22/h3-4,7-9,14-15H,5-6,10H2,1-2H3/t14-,15-/m1/s1. The fourth-order valence-electron chi connectivity index (χ4n) is 3.32. The SMILES string of the molecule is COc1ccc(C(C)=O)cc1CN1C(=O)[C@@H]2CC=CC[C@H]2C1=O. The predicted molar refractivity (Wildman–Crippen MR) is 83.9 cm³/mol. The van der Waals surface area contributed by atoms with Crippen LogP contribution < -0.4 is 4.74 Å². The van der Waals surface area contributed by atoms with Gasteiger partial charge in [-0.1, -0.05) is 12.2 Å². The second-order valence-corrected chi connectivity index (χ2v) is 6.00. The molecule has 2 atom stereocenters. The Kier molecular flexibility index (Phi) is 4.03. The highest BCUT2D eigenvalue weighted by molar-refractivity contribution is 6.05. The van der Waals surface area contributed by atoms with E-state index in [4.69, 9.17) is 4.74 Å². The summed E-state index contributed by atoms with van der Waals surface area (Å²) in [6, 6.07) is 5.08. The zero-order valence-corrected chi connectivity index (χ0v) is 13.2. The van der Waals surface area contributed by atoms with Crippen LogP contribution in [0.25, 0.3) is 0 Å². The summed E-state index contributed by atoms with van der Waals surface area (Å²) < 4.78 is 5.31. The number of nitrogens with zero attached hydrogens (tertiary/aromatic N) is 1. The molecule has 0 aromatic heterocycles. The number of ether oxygens (including phenoxy) is 1. The van der Waals surface area contributed by atoms with E-state index < -0.39 is 0 Å². The van der Waals surface area contributed by atoms with Gasteiger partial charge >= 0.3 is 0 Å². The Morgan fingerprint density at radius 3 is 2.30 bits per heavy atom. The maximum atomic E-state index is 12.5. The van der Waals surface area contributed by atoms with Gasteiger partial charge in [0, 0.05) is 11.1 Å². The fraction of sp³-hybridized carbons (Fsp3) is 0.389. The number of carbonyl (C=O) groups excluding carboxylic acids is 3. The van der Waals surface area contributed by atoms with Crippen molar-refractivity contribution in [3.8, 4) is 5.75 Å². The molecule has 0 saturated carbocycles. The number of fused-ring (bicyclic) bond motifs is 1. The minimum atomic E-state index is -0.241. The summed E-state index contributed by atoms with van der Waals surface area (Å²) in [6.45, 7) is 1.63. The number of Topliss-reactive ketones (excluding diaryl/α,β-unsaturated/α-hetero) is 1. The topological polar surface area (TPSA) is 63.7 Å². The van der Waals surface area contributed by atoms with Crippen LogP contribution in [0.1, 0.15) is 35.7 Å². The zero-order chi connectivity index (χ0) is 16.6. The molecule has 1 heterocycles. The number of hydrogen-bond donors (Lipinski definition) is 0. The average molecular weight is 313 g/mol. The van der Waals surface area contributed by atoms with Crippen molar-refractivity contribution in [3.63, 3.8) is 0 Å². The van der Waals surface area contributed by atoms with Crippen LogP contribution in [0.15, 0.2) is 30.4 Å². The average Bonchev–Trinajstić information content (AvgIpc) is 2.80. The van der Waals surface area contributed by atoms with Gasteiger partial charge in [-0.3, -0.25) is 19.3 Å². The van der Waals surface area contributed by atoms with E-state index >= 15 is 0 Å². The van der Waals surface area contributed by atoms with Gasteiger partial charge in [0.1, 0.15) is 5.75 Å². The van der Waals surface area contributed by atoms with E-state index in [-0.39, 0.29) is 36.0 Å². The molecule has 2 aliphatic rings. The van der Waals surface area contributed by atoms with Gasteiger partial charge in [0.05, 0.1) is 25.5 Å². The first-order valence-corrected chi connectivity index (χ1v) is 7.71. The largest absolute Gasteiger partial charge is 0.496 e. The molecule has 1 aromatic carbocycles. The van der Waals surface area contributed by atoms with Crippen molar-refractivity contribution in [2.45, 2.75) is 26.3 Å². The number of amides is 2. The van der Waals surface area contributed by atoms with Gasteiger partial charge in [0.2, 0.25) is 11.8 Å². The number of ketones is 1. The molecule has 0 radical (unpaired) electrons. The van der Waals surface area contributed by atoms with Crippen molar-refractivity contribution >= 4 is 17.6 Å². The molecule has 1 saturated heterocycles. The fourth-order valence-corrected chi connectivity index (χ4v) is 3.32. The summed E-state index contributed by atoms with van der Waals surface area (Å²) in [6.07, 6.45) is 5.17. The lowest BCUT2D eigenvalue weighted by Crippen LogP contribution is -2.30. The van der Waals surface area contributed by atoms with E-state index in [0.29, 0.717) is 29.7 Å². The number of rotatable bonds is 4. The molecule has 5 nitrogen and oxygen atoms in total. The highest BCUT2D eigenvalue weighted by atomic mass is 16.5. The van der Waals surface area contributed by atoms with E-state index in [1.807, 2.05) is 12.2 Å². The number of allylic oxidation sites excluding steroid dienone is 2. The summed E-state index contributed by atoms with van der Waals surface area (Å²) in [4.78, 5) is 38.0. The Bertz CT molecular complexity index is 681. The normalized spacial score (nSPS) is 23.1. The predicted octanol–water partition coefficient (Wildman–Crippen LogP) is 2.35. The van der Waals surface area contributed by atoms with E-state index in [9.17, 15) is 14.4 Å². The van der Waals surface area contributed by atoms with Crippen LogP contribution in [0.3, 0.4) is 0 Å². The van der Waals surface area contributed by atoms with Crippen LogP contribution in [0, 0.1) is 11.8 Å². The lowest BCUT2D eigenvalue weighted by Gasteiger charge is -2.17. The van der Waals surface area contributed by atoms with Crippen LogP contribution in [0.5, 0.6) is 5.75 Å². The van der Waals surface area contributed by atoms with E-state index in [0.717, 1.165) is 0 Å². The third kappa shape index (κ3) is 2.67. The Hall–Kier alpha value is -2.43. The van der Waals surface area contributed by atoms with Crippen molar-refractivity contribution in [1.29, 1.82) is 0 Å². The number of benzene rings is 1. The molecule has 120 valence electrons. The molecule has 0 bridgehead atoms. The summed E-state index contributed by atoms with van der Waals surface area (Å²) in [5.74, 6) is -0.224. The van der Waals surface area contributed by atoms with E-state index in [2.05, 4.69) is 0 Å². The molecule has 1 aliphatic heterocycles. The van der Waals surface area contributed by atoms with Gasteiger partial charge in [0.25, 0.3) is 0 Å². The molecular weight excluding hydrogens is 294 g/mol. The first kappa shape index (κ1) is 15.5. The first-order valence-electron chi connectivity index (χ1n) is 7.71. The van der Waals surface area contributed by atoms with Gasteiger partial charge in [-0.25, -0.2) is 0 Å². The molecule has 1 fully saturated rings. The van der Waals surface area contributed by atoms with E-state index in [1.54, 1.807) is 18.2 Å². The maximum Gasteiger partial charge on any atom is 0.233 e. The Morgan fingerprint density at radius 2 is 1.78 bits per heavy atom. The monoisotopic (exact) mass is 313 g/mol. The quantitative estimate of drug-likeness (QED) is 0.486. The van der Waals surface area contributed by atoms with Crippen LogP contribution in [-0.2, 0) is 16.1 Å². The Labute approximate surface area is 134 Å². The second kappa shape index (κ2) is 5.99. The van der Waals surface area contributed by atoms with Gasteiger partial charge in [-0.2, -0.15) is 0 Å². The molecule has 3 rings (SSSR count). The molecule has 2 amide bonds. The minimum Gasteiger partial charge on any atom is -0.496 e. The zero-order valence-electron chi connectivity index (χ0n) is 13.2. The molecular formula is C18H19NO4. The highest BCUT2D eigenvalue weighted by Gasteiger charge is 2.47.